The third kappa shape index (κ3) is 7.48. The summed E-state index contributed by atoms with van der Waals surface area (Å²) in [6, 6.07) is 13.7. The van der Waals surface area contributed by atoms with Gasteiger partial charge in [0.1, 0.15) is 5.82 Å². The average molecular weight is 392 g/mol. The summed E-state index contributed by atoms with van der Waals surface area (Å²) < 4.78 is 38.2. The van der Waals surface area contributed by atoms with Gasteiger partial charge in [-0.05, 0) is 36.6 Å². The zero-order valence-electron chi connectivity index (χ0n) is 15.6. The first-order valence-corrected chi connectivity index (χ1v) is 10.6. The molecule has 0 atom stereocenters. The molecule has 0 bridgehead atoms. The van der Waals surface area contributed by atoms with Crippen molar-refractivity contribution in [2.24, 2.45) is 0 Å². The maximum absolute atomic E-state index is 12.9. The number of sulfonamides is 1. The fourth-order valence-electron chi connectivity index (χ4n) is 2.74. The van der Waals surface area contributed by atoms with E-state index in [1.807, 2.05) is 31.2 Å². The molecule has 146 valence electrons. The summed E-state index contributed by atoms with van der Waals surface area (Å²) in [5, 5.41) is 2.76. The van der Waals surface area contributed by atoms with Crippen molar-refractivity contribution in [3.05, 3.63) is 71.0 Å². The molecule has 27 heavy (non-hydrogen) atoms. The van der Waals surface area contributed by atoms with Crippen molar-refractivity contribution < 1.29 is 17.6 Å². The smallest absolute Gasteiger partial charge is 0.224 e. The van der Waals surface area contributed by atoms with Crippen LogP contribution in [0.5, 0.6) is 0 Å². The predicted octanol–water partition coefficient (Wildman–Crippen LogP) is 2.30. The number of amides is 1. The molecule has 0 saturated heterocycles. The number of nitrogens with zero attached hydrogens (tertiary/aromatic N) is 1. The monoisotopic (exact) mass is 392 g/mol. The second kappa shape index (κ2) is 9.62. The quantitative estimate of drug-likeness (QED) is 0.712. The lowest BCUT2D eigenvalue weighted by molar-refractivity contribution is -0.120. The zero-order chi connectivity index (χ0) is 19.9. The zero-order valence-corrected chi connectivity index (χ0v) is 16.4. The molecule has 0 fully saturated rings. The molecule has 0 radical (unpaired) electrons. The van der Waals surface area contributed by atoms with Crippen LogP contribution in [0.1, 0.15) is 16.7 Å². The van der Waals surface area contributed by atoms with Crippen molar-refractivity contribution in [1.29, 1.82) is 0 Å². The Kier molecular flexibility index (Phi) is 7.50. The van der Waals surface area contributed by atoms with Crippen LogP contribution in [0.2, 0.25) is 0 Å². The minimum absolute atomic E-state index is 0.146. The largest absolute Gasteiger partial charge is 0.354 e. The Labute approximate surface area is 160 Å². The van der Waals surface area contributed by atoms with E-state index in [2.05, 4.69) is 5.32 Å². The van der Waals surface area contributed by atoms with Gasteiger partial charge in [-0.1, -0.05) is 42.0 Å². The van der Waals surface area contributed by atoms with Crippen LogP contribution < -0.4 is 5.32 Å². The van der Waals surface area contributed by atoms with Gasteiger partial charge in [0.15, 0.2) is 0 Å². The third-order valence-electron chi connectivity index (χ3n) is 4.16. The summed E-state index contributed by atoms with van der Waals surface area (Å²) in [6.07, 6.45) is 1.88. The Morgan fingerprint density at radius 2 is 1.78 bits per heavy atom. The molecule has 5 nitrogen and oxygen atoms in total. The van der Waals surface area contributed by atoms with Gasteiger partial charge in [0.2, 0.25) is 15.9 Å². The maximum Gasteiger partial charge on any atom is 0.224 e. The van der Waals surface area contributed by atoms with E-state index in [1.165, 1.54) is 16.4 Å². The molecule has 0 aromatic heterocycles. The molecule has 1 N–H and O–H groups in total. The lowest BCUT2D eigenvalue weighted by Gasteiger charge is -2.20. The van der Waals surface area contributed by atoms with E-state index >= 15 is 0 Å². The fraction of sp³-hybridized carbons (Fsp3) is 0.350. The van der Waals surface area contributed by atoms with Crippen LogP contribution in [0, 0.1) is 12.7 Å². The topological polar surface area (TPSA) is 66.5 Å². The van der Waals surface area contributed by atoms with Crippen molar-refractivity contribution in [3.8, 4) is 0 Å². The Morgan fingerprint density at radius 1 is 1.07 bits per heavy atom. The Morgan fingerprint density at radius 3 is 2.41 bits per heavy atom. The highest BCUT2D eigenvalue weighted by molar-refractivity contribution is 7.88. The van der Waals surface area contributed by atoms with Crippen LogP contribution in [0.25, 0.3) is 0 Å². The first-order chi connectivity index (χ1) is 12.7. The molecule has 2 rings (SSSR count). The van der Waals surface area contributed by atoms with Gasteiger partial charge in [0.25, 0.3) is 0 Å². The summed E-state index contributed by atoms with van der Waals surface area (Å²) >= 11 is 0. The van der Waals surface area contributed by atoms with Gasteiger partial charge >= 0.3 is 0 Å². The molecule has 2 aromatic rings. The highest BCUT2D eigenvalue weighted by Crippen LogP contribution is 2.07. The highest BCUT2D eigenvalue weighted by Gasteiger charge is 2.16. The second-order valence-corrected chi connectivity index (χ2v) is 8.54. The van der Waals surface area contributed by atoms with Crippen LogP contribution in [0.3, 0.4) is 0 Å². The minimum Gasteiger partial charge on any atom is -0.354 e. The molecule has 0 aliphatic heterocycles. The third-order valence-corrected chi connectivity index (χ3v) is 5.47. The van der Waals surface area contributed by atoms with Crippen molar-refractivity contribution in [2.75, 3.05) is 25.9 Å². The van der Waals surface area contributed by atoms with Crippen molar-refractivity contribution in [3.63, 3.8) is 0 Å². The molecular formula is C20H25FN2O3S. The summed E-state index contributed by atoms with van der Waals surface area (Å²) in [6.45, 7) is 2.67. The molecule has 1 amide bonds. The Hall–Kier alpha value is -2.25. The normalized spacial score (nSPS) is 11.6. The molecule has 0 saturated carbocycles. The maximum atomic E-state index is 12.9. The summed E-state index contributed by atoms with van der Waals surface area (Å²) in [7, 11) is -3.40. The van der Waals surface area contributed by atoms with Crippen LogP contribution in [0.15, 0.2) is 48.5 Å². The number of hydrogen-bond acceptors (Lipinski definition) is 3. The number of nitrogens with one attached hydrogen (secondary N) is 1. The Bertz CT molecular complexity index is 867. The van der Waals surface area contributed by atoms with Gasteiger partial charge in [0, 0.05) is 19.6 Å². The lowest BCUT2D eigenvalue weighted by atomic mass is 10.1. The molecular weight excluding hydrogens is 367 g/mol. The lowest BCUT2D eigenvalue weighted by Crippen LogP contribution is -2.39. The molecule has 0 aliphatic carbocycles. The van der Waals surface area contributed by atoms with Gasteiger partial charge in [-0.2, -0.15) is 0 Å². The minimum atomic E-state index is -3.40. The number of carbonyl (C=O) groups is 1. The van der Waals surface area contributed by atoms with E-state index in [0.717, 1.165) is 22.9 Å². The molecule has 2 aromatic carbocycles. The van der Waals surface area contributed by atoms with Crippen molar-refractivity contribution >= 4 is 15.9 Å². The van der Waals surface area contributed by atoms with Gasteiger partial charge in [-0.25, -0.2) is 17.1 Å². The van der Waals surface area contributed by atoms with Crippen molar-refractivity contribution in [1.82, 2.24) is 9.62 Å². The standard InChI is InChI=1S/C20H25FN2O3S/c1-16-4-3-5-18(14-16)15-20(24)22-11-13-23(27(2,25)26)12-10-17-6-8-19(21)9-7-17/h3-9,14H,10-13,15H2,1-2H3,(H,22,24). The fourth-order valence-corrected chi connectivity index (χ4v) is 3.58. The van der Waals surface area contributed by atoms with Crippen LogP contribution in [0.4, 0.5) is 4.39 Å². The molecule has 0 heterocycles. The highest BCUT2D eigenvalue weighted by atomic mass is 32.2. The first kappa shape index (κ1) is 21.1. The van der Waals surface area contributed by atoms with E-state index in [1.54, 1.807) is 12.1 Å². The molecule has 7 heteroatoms. The van der Waals surface area contributed by atoms with E-state index in [-0.39, 0.29) is 37.8 Å². The number of carbonyl (C=O) groups excluding carboxylic acids is 1. The number of aryl methyl sites for hydroxylation is 1. The van der Waals surface area contributed by atoms with Crippen molar-refractivity contribution in [2.45, 2.75) is 19.8 Å². The summed E-state index contributed by atoms with van der Waals surface area (Å²) in [4.78, 5) is 12.1. The van der Waals surface area contributed by atoms with E-state index in [0.29, 0.717) is 6.42 Å². The average Bonchev–Trinajstić information content (AvgIpc) is 2.58. The number of rotatable bonds is 9. The van der Waals surface area contributed by atoms with Crippen LogP contribution >= 0.6 is 0 Å². The second-order valence-electron chi connectivity index (χ2n) is 6.55. The molecule has 0 unspecified atom stereocenters. The summed E-state index contributed by atoms with van der Waals surface area (Å²) in [5.41, 5.74) is 2.86. The molecule has 0 spiro atoms. The number of benzene rings is 2. The van der Waals surface area contributed by atoms with Gasteiger partial charge in [-0.15, -0.1) is 0 Å². The van der Waals surface area contributed by atoms with E-state index < -0.39 is 10.0 Å². The number of halogens is 1. The van der Waals surface area contributed by atoms with Gasteiger partial charge in [0.05, 0.1) is 12.7 Å². The van der Waals surface area contributed by atoms with E-state index in [4.69, 9.17) is 0 Å². The SMILES string of the molecule is Cc1cccc(CC(=O)NCCN(CCc2ccc(F)cc2)S(C)(=O)=O)c1. The predicted molar refractivity (Wildman–Crippen MR) is 104 cm³/mol. The molecule has 0 aliphatic rings. The summed E-state index contributed by atoms with van der Waals surface area (Å²) in [5.74, 6) is -0.470. The van der Waals surface area contributed by atoms with Crippen LogP contribution in [-0.2, 0) is 27.7 Å². The van der Waals surface area contributed by atoms with Crippen LogP contribution in [-0.4, -0.2) is 44.5 Å². The first-order valence-electron chi connectivity index (χ1n) is 8.76. The Balaban J connectivity index is 1.83. The van der Waals surface area contributed by atoms with E-state index in [9.17, 15) is 17.6 Å². The van der Waals surface area contributed by atoms with Gasteiger partial charge in [-0.3, -0.25) is 4.79 Å². The number of hydrogen-bond donors (Lipinski definition) is 1. The van der Waals surface area contributed by atoms with Gasteiger partial charge < -0.3 is 5.32 Å².